The van der Waals surface area contributed by atoms with Crippen LogP contribution in [-0.4, -0.2) is 9.97 Å². The lowest BCUT2D eigenvalue weighted by Gasteiger charge is -2.42. The van der Waals surface area contributed by atoms with E-state index in [4.69, 9.17) is 9.97 Å². The molecule has 4 aromatic carbocycles. The zero-order valence-corrected chi connectivity index (χ0v) is 23.4. The average Bonchev–Trinajstić information content (AvgIpc) is 3.18. The monoisotopic (exact) mass is 606 g/mol. The molecule has 0 aliphatic heterocycles. The first-order valence-electron chi connectivity index (χ1n) is 13.1. The Morgan fingerprint density at radius 3 is 1.84 bits per heavy atom. The summed E-state index contributed by atoms with van der Waals surface area (Å²) in [5, 5.41) is 0. The molecule has 5 aromatic rings. The minimum absolute atomic E-state index is 0.269. The van der Waals surface area contributed by atoms with Gasteiger partial charge in [0.15, 0.2) is 0 Å². The summed E-state index contributed by atoms with van der Waals surface area (Å²) in [6.45, 7) is 0. The van der Waals surface area contributed by atoms with Crippen molar-refractivity contribution in [2.45, 2.75) is 37.0 Å². The fourth-order valence-corrected chi connectivity index (χ4v) is 8.43. The van der Waals surface area contributed by atoms with Gasteiger partial charge >= 0.3 is 0 Å². The zero-order chi connectivity index (χ0) is 24.7. The maximum atomic E-state index is 5.29. The molecule has 37 heavy (non-hydrogen) atoms. The van der Waals surface area contributed by atoms with E-state index in [0.717, 1.165) is 31.4 Å². The predicted molar refractivity (Wildman–Crippen MR) is 157 cm³/mol. The molecule has 1 spiro atoms. The van der Waals surface area contributed by atoms with Gasteiger partial charge in [0.1, 0.15) is 0 Å². The number of benzene rings is 4. The summed E-state index contributed by atoms with van der Waals surface area (Å²) in [7, 11) is 0. The van der Waals surface area contributed by atoms with Gasteiger partial charge in [-0.05, 0) is 83.3 Å². The van der Waals surface area contributed by atoms with Gasteiger partial charge in [-0.25, -0.2) is 9.97 Å². The van der Waals surface area contributed by atoms with E-state index in [9.17, 15) is 0 Å². The van der Waals surface area contributed by atoms with Gasteiger partial charge in [-0.1, -0.05) is 93.2 Å². The molecule has 0 amide bonds. The summed E-state index contributed by atoms with van der Waals surface area (Å²) >= 11 is 7.73. The smallest absolute Gasteiger partial charge is 0.0976 e. The molecule has 1 heterocycles. The van der Waals surface area contributed by atoms with Crippen LogP contribution in [0.2, 0.25) is 0 Å². The second kappa shape index (κ2) is 8.09. The molecule has 0 bridgehead atoms. The third kappa shape index (κ3) is 2.97. The van der Waals surface area contributed by atoms with Gasteiger partial charge in [-0.15, -0.1) is 0 Å². The quantitative estimate of drug-likeness (QED) is 0.175. The molecule has 4 heteroatoms. The highest BCUT2D eigenvalue weighted by Crippen LogP contribution is 2.65. The highest BCUT2D eigenvalue weighted by molar-refractivity contribution is 9.10. The van der Waals surface area contributed by atoms with E-state index in [1.165, 1.54) is 59.1 Å². The Morgan fingerprint density at radius 1 is 0.622 bits per heavy atom. The fourth-order valence-electron chi connectivity index (χ4n) is 7.71. The highest BCUT2D eigenvalue weighted by atomic mass is 79.9. The second-order valence-corrected chi connectivity index (χ2v) is 12.5. The Hall–Kier alpha value is -2.82. The van der Waals surface area contributed by atoms with Crippen LogP contribution in [0.1, 0.15) is 53.9 Å². The largest absolute Gasteiger partial charge is 0.244 e. The molecule has 1 aromatic heterocycles. The molecule has 1 fully saturated rings. The van der Waals surface area contributed by atoms with E-state index in [-0.39, 0.29) is 5.41 Å². The van der Waals surface area contributed by atoms with E-state index < -0.39 is 0 Å². The molecule has 180 valence electrons. The van der Waals surface area contributed by atoms with Crippen molar-refractivity contribution in [3.8, 4) is 22.5 Å². The topological polar surface area (TPSA) is 25.8 Å². The first kappa shape index (κ1) is 22.2. The third-order valence-electron chi connectivity index (χ3n) is 9.00. The molecule has 1 saturated carbocycles. The molecule has 2 atom stereocenters. The van der Waals surface area contributed by atoms with Gasteiger partial charge in [0.2, 0.25) is 0 Å². The van der Waals surface area contributed by atoms with Crippen LogP contribution in [0.4, 0.5) is 0 Å². The number of nitrogens with zero attached hydrogens (tertiary/aromatic N) is 2. The SMILES string of the molecule is Brc1ccc2c(c1)C1(c3cc(Br)ccc3-c3nc4ccccc4nc3-2)c2ccccc2[C@H]2CCCCC21. The van der Waals surface area contributed by atoms with Crippen LogP contribution in [0.15, 0.2) is 93.9 Å². The minimum atomic E-state index is -0.269. The van der Waals surface area contributed by atoms with Gasteiger partial charge < -0.3 is 0 Å². The maximum Gasteiger partial charge on any atom is 0.0976 e. The number of hydrogen-bond donors (Lipinski definition) is 0. The number of rotatable bonds is 0. The summed E-state index contributed by atoms with van der Waals surface area (Å²) in [4.78, 5) is 10.6. The molecular formula is C33H24Br2N2. The first-order chi connectivity index (χ1) is 18.2. The summed E-state index contributed by atoms with van der Waals surface area (Å²) in [5.74, 6) is 1.05. The van der Waals surface area contributed by atoms with Crippen molar-refractivity contribution >= 4 is 42.9 Å². The molecule has 8 rings (SSSR count). The van der Waals surface area contributed by atoms with Crippen LogP contribution >= 0.6 is 31.9 Å². The van der Waals surface area contributed by atoms with Crippen molar-refractivity contribution in [3.63, 3.8) is 0 Å². The second-order valence-electron chi connectivity index (χ2n) is 10.7. The molecule has 3 aliphatic rings. The maximum absolute atomic E-state index is 5.29. The van der Waals surface area contributed by atoms with Gasteiger partial charge in [-0.3, -0.25) is 0 Å². The Morgan fingerprint density at radius 2 is 1.19 bits per heavy atom. The lowest BCUT2D eigenvalue weighted by Crippen LogP contribution is -2.37. The van der Waals surface area contributed by atoms with Crippen LogP contribution in [0.5, 0.6) is 0 Å². The molecule has 2 nitrogen and oxygen atoms in total. The van der Waals surface area contributed by atoms with Crippen molar-refractivity contribution in [1.29, 1.82) is 0 Å². The van der Waals surface area contributed by atoms with Crippen LogP contribution in [0, 0.1) is 5.92 Å². The highest BCUT2D eigenvalue weighted by Gasteiger charge is 2.57. The zero-order valence-electron chi connectivity index (χ0n) is 20.2. The number of fused-ring (bicyclic) bond motifs is 13. The molecule has 0 N–H and O–H groups in total. The average molecular weight is 608 g/mol. The number of aromatic nitrogens is 2. The number of para-hydroxylation sites is 2. The van der Waals surface area contributed by atoms with E-state index >= 15 is 0 Å². The van der Waals surface area contributed by atoms with Gasteiger partial charge in [0.05, 0.1) is 27.8 Å². The van der Waals surface area contributed by atoms with Crippen molar-refractivity contribution in [2.24, 2.45) is 5.92 Å². The number of hydrogen-bond acceptors (Lipinski definition) is 2. The summed E-state index contributed by atoms with van der Waals surface area (Å²) in [5.41, 5.74) is 11.7. The Kier molecular flexibility index (Phi) is 4.85. The normalized spacial score (nSPS) is 20.5. The van der Waals surface area contributed by atoms with E-state index in [1.54, 1.807) is 0 Å². The lowest BCUT2D eigenvalue weighted by atomic mass is 9.60. The fraction of sp³-hybridized carbons (Fsp3) is 0.212. The Labute approximate surface area is 233 Å². The lowest BCUT2D eigenvalue weighted by molar-refractivity contribution is 0.263. The summed E-state index contributed by atoms with van der Waals surface area (Å²) < 4.78 is 2.22. The first-order valence-corrected chi connectivity index (χ1v) is 14.7. The molecule has 0 saturated heterocycles. The van der Waals surface area contributed by atoms with Crippen LogP contribution in [0.25, 0.3) is 33.5 Å². The van der Waals surface area contributed by atoms with Crippen molar-refractivity contribution in [1.82, 2.24) is 9.97 Å². The Bertz CT molecular complexity index is 1650. The van der Waals surface area contributed by atoms with Crippen LogP contribution in [0.3, 0.4) is 0 Å². The van der Waals surface area contributed by atoms with Crippen molar-refractivity contribution in [2.75, 3.05) is 0 Å². The molecule has 3 aliphatic carbocycles. The van der Waals surface area contributed by atoms with Crippen molar-refractivity contribution in [3.05, 3.63) is 116 Å². The van der Waals surface area contributed by atoms with E-state index in [1.807, 2.05) is 0 Å². The predicted octanol–water partition coefficient (Wildman–Crippen LogP) is 9.42. The molecular weight excluding hydrogens is 584 g/mol. The van der Waals surface area contributed by atoms with Gasteiger partial charge in [0, 0.05) is 20.1 Å². The standard InChI is InChI=1S/C33H24Br2N2/c34-19-13-15-23-27(17-19)33(25-9-3-1-7-21(25)22-8-2-4-10-26(22)33)28-18-20(35)14-16-24(28)32-31(23)36-29-11-5-6-12-30(29)37-32/h1,3,5-7,9,11-18,22,26H,2,4,8,10H2/t22-,26?/m1/s1. The van der Waals surface area contributed by atoms with Crippen LogP contribution < -0.4 is 0 Å². The summed E-state index contributed by atoms with van der Waals surface area (Å²) in [6.07, 6.45) is 5.05. The van der Waals surface area contributed by atoms with Crippen LogP contribution in [-0.2, 0) is 5.41 Å². The van der Waals surface area contributed by atoms with Crippen molar-refractivity contribution < 1.29 is 0 Å². The molecule has 1 unspecified atom stereocenters. The van der Waals surface area contributed by atoms with Gasteiger partial charge in [0.25, 0.3) is 0 Å². The summed E-state index contributed by atoms with van der Waals surface area (Å²) in [6, 6.07) is 31.1. The van der Waals surface area contributed by atoms with Gasteiger partial charge in [-0.2, -0.15) is 0 Å². The Balaban J connectivity index is 1.60. The van der Waals surface area contributed by atoms with E-state index in [2.05, 4.69) is 117 Å². The minimum Gasteiger partial charge on any atom is -0.244 e. The number of halogens is 2. The third-order valence-corrected chi connectivity index (χ3v) is 9.99. The molecule has 0 radical (unpaired) electrons. The van der Waals surface area contributed by atoms with E-state index in [0.29, 0.717) is 11.8 Å².